The lowest BCUT2D eigenvalue weighted by molar-refractivity contribution is -0.159. The SMILES string of the molecule is O=CN(O)CC(C(=O)N1CCC[C@H]1C(=O)NC(=O)NCCCc1ccccc1)C1CCCC1. The number of nitrogens with one attached hydrogen (secondary N) is 2. The summed E-state index contributed by atoms with van der Waals surface area (Å²) in [5.74, 6) is -1.21. The third-order valence-electron chi connectivity index (χ3n) is 6.64. The summed E-state index contributed by atoms with van der Waals surface area (Å²) in [6, 6.07) is 8.66. The van der Waals surface area contributed by atoms with Gasteiger partial charge in [0.2, 0.25) is 12.3 Å². The van der Waals surface area contributed by atoms with E-state index in [0.717, 1.165) is 38.5 Å². The highest BCUT2D eigenvalue weighted by molar-refractivity contribution is 5.99. The topological polar surface area (TPSA) is 119 Å². The van der Waals surface area contributed by atoms with Gasteiger partial charge in [-0.1, -0.05) is 43.2 Å². The molecule has 1 saturated heterocycles. The van der Waals surface area contributed by atoms with Crippen LogP contribution in [0.4, 0.5) is 4.79 Å². The van der Waals surface area contributed by atoms with Crippen molar-refractivity contribution in [2.24, 2.45) is 11.8 Å². The quantitative estimate of drug-likeness (QED) is 0.215. The first-order chi connectivity index (χ1) is 16.0. The minimum absolute atomic E-state index is 0.0734. The van der Waals surface area contributed by atoms with Gasteiger partial charge in [0.05, 0.1) is 12.5 Å². The minimum atomic E-state index is -0.722. The second kappa shape index (κ2) is 12.3. The largest absolute Gasteiger partial charge is 0.338 e. The molecule has 9 nitrogen and oxygen atoms in total. The predicted octanol–water partition coefficient (Wildman–Crippen LogP) is 2.09. The average Bonchev–Trinajstić information content (AvgIpc) is 3.53. The number of urea groups is 1. The maximum Gasteiger partial charge on any atom is 0.321 e. The number of carbonyl (C=O) groups is 4. The number of nitrogens with zero attached hydrogens (tertiary/aromatic N) is 2. The maximum atomic E-state index is 13.3. The molecule has 1 aromatic rings. The molecule has 1 aromatic carbocycles. The Bertz CT molecular complexity index is 812. The first-order valence-electron chi connectivity index (χ1n) is 11.8. The lowest BCUT2D eigenvalue weighted by Gasteiger charge is -2.31. The highest BCUT2D eigenvalue weighted by Gasteiger charge is 2.41. The first kappa shape index (κ1) is 24.7. The number of hydrogen-bond donors (Lipinski definition) is 3. The number of rotatable bonds is 10. The number of aryl methyl sites for hydroxylation is 1. The average molecular weight is 459 g/mol. The minimum Gasteiger partial charge on any atom is -0.338 e. The van der Waals surface area contributed by atoms with E-state index in [0.29, 0.717) is 37.4 Å². The molecule has 33 heavy (non-hydrogen) atoms. The Hall–Kier alpha value is -2.94. The van der Waals surface area contributed by atoms with Crippen molar-refractivity contribution >= 4 is 24.3 Å². The fourth-order valence-electron chi connectivity index (χ4n) is 4.93. The number of hydroxylamine groups is 2. The van der Waals surface area contributed by atoms with Crippen molar-refractivity contribution in [1.29, 1.82) is 0 Å². The molecule has 1 aliphatic carbocycles. The molecule has 1 heterocycles. The predicted molar refractivity (Wildman–Crippen MR) is 121 cm³/mol. The van der Waals surface area contributed by atoms with Gasteiger partial charge in [-0.2, -0.15) is 0 Å². The zero-order valence-electron chi connectivity index (χ0n) is 18.9. The van der Waals surface area contributed by atoms with Crippen molar-refractivity contribution in [3.63, 3.8) is 0 Å². The first-order valence-corrected chi connectivity index (χ1v) is 11.8. The molecule has 2 fully saturated rings. The normalized spacial score (nSPS) is 19.2. The van der Waals surface area contributed by atoms with Crippen LogP contribution >= 0.6 is 0 Å². The van der Waals surface area contributed by atoms with E-state index in [4.69, 9.17) is 0 Å². The third kappa shape index (κ3) is 7.02. The molecule has 9 heteroatoms. The Morgan fingerprint density at radius 3 is 2.55 bits per heavy atom. The van der Waals surface area contributed by atoms with E-state index in [2.05, 4.69) is 10.6 Å². The summed E-state index contributed by atoms with van der Waals surface area (Å²) >= 11 is 0. The molecule has 1 aliphatic heterocycles. The van der Waals surface area contributed by atoms with Gasteiger partial charge in [0.15, 0.2) is 0 Å². The van der Waals surface area contributed by atoms with E-state index >= 15 is 0 Å². The lowest BCUT2D eigenvalue weighted by atomic mass is 9.89. The van der Waals surface area contributed by atoms with Crippen LogP contribution in [0.5, 0.6) is 0 Å². The van der Waals surface area contributed by atoms with Crippen LogP contribution < -0.4 is 10.6 Å². The molecule has 0 bridgehead atoms. The van der Waals surface area contributed by atoms with E-state index in [1.54, 1.807) is 0 Å². The highest BCUT2D eigenvalue weighted by atomic mass is 16.5. The van der Waals surface area contributed by atoms with E-state index < -0.39 is 23.9 Å². The van der Waals surface area contributed by atoms with Crippen molar-refractivity contribution in [1.82, 2.24) is 20.6 Å². The molecule has 2 aliphatic rings. The Labute approximate surface area is 194 Å². The molecular formula is C24H34N4O5. The zero-order valence-corrected chi connectivity index (χ0v) is 18.9. The lowest BCUT2D eigenvalue weighted by Crippen LogP contribution is -2.52. The summed E-state index contributed by atoms with van der Waals surface area (Å²) in [7, 11) is 0. The summed E-state index contributed by atoms with van der Waals surface area (Å²) in [5, 5.41) is 15.3. The van der Waals surface area contributed by atoms with Gasteiger partial charge in [-0.25, -0.2) is 9.86 Å². The number of likely N-dealkylation sites (tertiary alicyclic amines) is 1. The van der Waals surface area contributed by atoms with Gasteiger partial charge in [-0.3, -0.25) is 24.9 Å². The molecule has 3 N–H and O–H groups in total. The van der Waals surface area contributed by atoms with Crippen molar-refractivity contribution in [3.05, 3.63) is 35.9 Å². The molecule has 0 aromatic heterocycles. The fourth-order valence-corrected chi connectivity index (χ4v) is 4.93. The van der Waals surface area contributed by atoms with E-state index in [1.165, 1.54) is 10.5 Å². The van der Waals surface area contributed by atoms with E-state index in [1.807, 2.05) is 30.3 Å². The van der Waals surface area contributed by atoms with E-state index in [-0.39, 0.29) is 18.4 Å². The summed E-state index contributed by atoms with van der Waals surface area (Å²) in [5.41, 5.74) is 1.18. The Balaban J connectivity index is 1.50. The number of benzene rings is 1. The fraction of sp³-hybridized carbons (Fsp3) is 0.583. The Morgan fingerprint density at radius 2 is 1.85 bits per heavy atom. The van der Waals surface area contributed by atoms with Crippen molar-refractivity contribution in [2.45, 2.75) is 57.4 Å². The van der Waals surface area contributed by atoms with Crippen LogP contribution in [-0.4, -0.2) is 65.1 Å². The van der Waals surface area contributed by atoms with Crippen LogP contribution in [0.25, 0.3) is 0 Å². The van der Waals surface area contributed by atoms with Crippen LogP contribution in [0, 0.1) is 11.8 Å². The van der Waals surface area contributed by atoms with Gasteiger partial charge in [0.25, 0.3) is 5.91 Å². The Morgan fingerprint density at radius 1 is 1.12 bits per heavy atom. The molecule has 1 saturated carbocycles. The van der Waals surface area contributed by atoms with Gasteiger partial charge < -0.3 is 10.2 Å². The van der Waals surface area contributed by atoms with Crippen molar-refractivity contribution in [2.75, 3.05) is 19.6 Å². The third-order valence-corrected chi connectivity index (χ3v) is 6.64. The second-order valence-electron chi connectivity index (χ2n) is 8.90. The summed E-state index contributed by atoms with van der Waals surface area (Å²) < 4.78 is 0. The van der Waals surface area contributed by atoms with Crippen molar-refractivity contribution < 1.29 is 24.4 Å². The van der Waals surface area contributed by atoms with Gasteiger partial charge in [0, 0.05) is 13.1 Å². The number of hydrogen-bond acceptors (Lipinski definition) is 5. The molecular weight excluding hydrogens is 424 g/mol. The van der Waals surface area contributed by atoms with Gasteiger partial charge in [0.1, 0.15) is 6.04 Å². The van der Waals surface area contributed by atoms with Crippen LogP contribution in [0.1, 0.15) is 50.5 Å². The van der Waals surface area contributed by atoms with Gasteiger partial charge in [-0.05, 0) is 50.0 Å². The number of amides is 5. The standard InChI is InChI=1S/C24H34N4O5/c29-17-27(33)16-20(19-11-4-5-12-19)23(31)28-15-7-13-21(28)22(30)26-24(32)25-14-6-10-18-8-2-1-3-9-18/h1-3,8-9,17,19-21,33H,4-7,10-16H2,(H2,25,26,30,32)/t20?,21-/m0/s1. The van der Waals surface area contributed by atoms with Gasteiger partial charge in [-0.15, -0.1) is 0 Å². The van der Waals surface area contributed by atoms with Crippen LogP contribution in [-0.2, 0) is 20.8 Å². The summed E-state index contributed by atoms with van der Waals surface area (Å²) in [6.45, 7) is 0.772. The van der Waals surface area contributed by atoms with Crippen LogP contribution in [0.15, 0.2) is 30.3 Å². The zero-order chi connectivity index (χ0) is 23.6. The molecule has 1 unspecified atom stereocenters. The molecule has 0 spiro atoms. The number of carbonyl (C=O) groups excluding carboxylic acids is 4. The summed E-state index contributed by atoms with van der Waals surface area (Å²) in [6.07, 6.45) is 6.75. The number of imide groups is 1. The van der Waals surface area contributed by atoms with Gasteiger partial charge >= 0.3 is 6.03 Å². The molecule has 5 amide bonds. The molecule has 0 radical (unpaired) electrons. The van der Waals surface area contributed by atoms with Crippen molar-refractivity contribution in [3.8, 4) is 0 Å². The maximum absolute atomic E-state index is 13.3. The van der Waals surface area contributed by atoms with E-state index in [9.17, 15) is 24.4 Å². The molecule has 3 rings (SSSR count). The van der Waals surface area contributed by atoms with Crippen LogP contribution in [0.2, 0.25) is 0 Å². The smallest absolute Gasteiger partial charge is 0.321 e. The van der Waals surface area contributed by atoms with Crippen LogP contribution in [0.3, 0.4) is 0 Å². The second-order valence-corrected chi connectivity index (χ2v) is 8.90. The summed E-state index contributed by atoms with van der Waals surface area (Å²) in [4.78, 5) is 50.7. The monoisotopic (exact) mass is 458 g/mol. The molecule has 2 atom stereocenters. The molecule has 180 valence electrons. The Kier molecular flexibility index (Phi) is 9.24. The highest BCUT2D eigenvalue weighted by Crippen LogP contribution is 2.34.